The van der Waals surface area contributed by atoms with E-state index in [4.69, 9.17) is 9.73 Å². The molecule has 0 N–H and O–H groups in total. The van der Waals surface area contributed by atoms with E-state index in [2.05, 4.69) is 42.7 Å². The lowest BCUT2D eigenvalue weighted by atomic mass is 10.1. The maximum atomic E-state index is 5.36. The van der Waals surface area contributed by atoms with Crippen molar-refractivity contribution >= 4 is 23.2 Å². The highest BCUT2D eigenvalue weighted by atomic mass is 32.2. The Morgan fingerprint density at radius 1 is 0.923 bits per heavy atom. The molecule has 0 heterocycles. The second-order valence-electron chi connectivity index (χ2n) is 5.80. The van der Waals surface area contributed by atoms with Gasteiger partial charge in [0.15, 0.2) is 0 Å². The van der Waals surface area contributed by atoms with E-state index >= 15 is 0 Å². The summed E-state index contributed by atoms with van der Waals surface area (Å²) in [5.74, 6) is 0.822. The van der Waals surface area contributed by atoms with Crippen LogP contribution >= 0.6 is 11.8 Å². The summed E-state index contributed by atoms with van der Waals surface area (Å²) < 4.78 is 5.36. The summed E-state index contributed by atoms with van der Waals surface area (Å²) in [4.78, 5) is 6.03. The van der Waals surface area contributed by atoms with Crippen LogP contribution < -0.4 is 4.74 Å². The lowest BCUT2D eigenvalue weighted by molar-refractivity contribution is 0.414. The lowest BCUT2D eigenvalue weighted by Gasteiger charge is -2.06. The molecule has 0 aliphatic rings. The molecular formula is C23H21NOS. The fraction of sp³-hybridized carbons (Fsp3) is 0.0870. The number of hydrogen-bond donors (Lipinski definition) is 0. The minimum atomic E-state index is 0.822. The van der Waals surface area contributed by atoms with Crippen molar-refractivity contribution in [3.63, 3.8) is 0 Å². The standard InChI is InChI=1S/C23H21NOS/c1-18-8-6-13-22(16-18)26-15-14-23(24-20-10-4-3-5-11-20)19-9-7-12-21(17-19)25-2/h3-17H,1-2H3. The molecule has 0 spiro atoms. The summed E-state index contributed by atoms with van der Waals surface area (Å²) in [6, 6.07) is 26.4. The van der Waals surface area contributed by atoms with Crippen LogP contribution in [-0.4, -0.2) is 12.8 Å². The fourth-order valence-corrected chi connectivity index (χ4v) is 3.25. The molecular weight excluding hydrogens is 338 g/mol. The molecule has 3 heteroatoms. The molecule has 0 amide bonds. The van der Waals surface area contributed by atoms with Crippen molar-refractivity contribution in [1.29, 1.82) is 0 Å². The summed E-state index contributed by atoms with van der Waals surface area (Å²) in [6.45, 7) is 2.10. The molecule has 0 aliphatic heterocycles. The summed E-state index contributed by atoms with van der Waals surface area (Å²) >= 11 is 1.69. The topological polar surface area (TPSA) is 21.6 Å². The first-order valence-corrected chi connectivity index (χ1v) is 9.30. The number of aryl methyl sites for hydroxylation is 1. The van der Waals surface area contributed by atoms with Crippen molar-refractivity contribution in [3.05, 3.63) is 101 Å². The Balaban J connectivity index is 1.90. The lowest BCUT2D eigenvalue weighted by Crippen LogP contribution is -1.97. The fourth-order valence-electron chi connectivity index (χ4n) is 2.49. The third-order valence-corrected chi connectivity index (χ3v) is 4.59. The van der Waals surface area contributed by atoms with E-state index in [-0.39, 0.29) is 0 Å². The molecule has 3 rings (SSSR count). The number of hydrogen-bond acceptors (Lipinski definition) is 3. The van der Waals surface area contributed by atoms with Crippen LogP contribution in [0.25, 0.3) is 0 Å². The summed E-state index contributed by atoms with van der Waals surface area (Å²) in [6.07, 6.45) is 2.05. The second kappa shape index (κ2) is 9.07. The molecule has 0 radical (unpaired) electrons. The molecule has 0 atom stereocenters. The van der Waals surface area contributed by atoms with Crippen LogP contribution in [0.5, 0.6) is 5.75 Å². The number of ether oxygens (including phenoxy) is 1. The zero-order chi connectivity index (χ0) is 18.2. The van der Waals surface area contributed by atoms with E-state index in [0.29, 0.717) is 0 Å². The van der Waals surface area contributed by atoms with Gasteiger partial charge in [0.2, 0.25) is 0 Å². The van der Waals surface area contributed by atoms with Crippen LogP contribution in [0.1, 0.15) is 11.1 Å². The minimum Gasteiger partial charge on any atom is -0.497 e. The molecule has 0 saturated heterocycles. The SMILES string of the molecule is COc1cccc(C(C=CSc2cccc(C)c2)=Nc2ccccc2)c1. The Hall–Kier alpha value is -2.78. The highest BCUT2D eigenvalue weighted by Crippen LogP contribution is 2.22. The van der Waals surface area contributed by atoms with Gasteiger partial charge in [0, 0.05) is 10.5 Å². The minimum absolute atomic E-state index is 0.822. The summed E-state index contributed by atoms with van der Waals surface area (Å²) in [5.41, 5.74) is 4.11. The zero-order valence-electron chi connectivity index (χ0n) is 14.9. The van der Waals surface area contributed by atoms with Gasteiger partial charge >= 0.3 is 0 Å². The second-order valence-corrected chi connectivity index (χ2v) is 6.78. The number of nitrogens with zero attached hydrogens (tertiary/aromatic N) is 1. The summed E-state index contributed by atoms with van der Waals surface area (Å²) in [7, 11) is 1.68. The van der Waals surface area contributed by atoms with Gasteiger partial charge in [-0.15, -0.1) is 0 Å². The third-order valence-electron chi connectivity index (χ3n) is 3.79. The third kappa shape index (κ3) is 5.11. The zero-order valence-corrected chi connectivity index (χ0v) is 15.7. The highest BCUT2D eigenvalue weighted by Gasteiger charge is 2.03. The normalized spacial score (nSPS) is 11.7. The monoisotopic (exact) mass is 359 g/mol. The smallest absolute Gasteiger partial charge is 0.119 e. The molecule has 0 aliphatic carbocycles. The van der Waals surface area contributed by atoms with E-state index in [9.17, 15) is 0 Å². The Morgan fingerprint density at radius 3 is 2.50 bits per heavy atom. The van der Waals surface area contributed by atoms with Crippen LogP contribution in [-0.2, 0) is 0 Å². The molecule has 0 bridgehead atoms. The van der Waals surface area contributed by atoms with Crippen molar-refractivity contribution in [2.24, 2.45) is 4.99 Å². The van der Waals surface area contributed by atoms with Gasteiger partial charge in [-0.25, -0.2) is 4.99 Å². The van der Waals surface area contributed by atoms with Gasteiger partial charge in [-0.3, -0.25) is 0 Å². The van der Waals surface area contributed by atoms with Gasteiger partial charge in [-0.05, 0) is 54.8 Å². The first kappa shape index (κ1) is 18.0. The number of thioether (sulfide) groups is 1. The van der Waals surface area contributed by atoms with Gasteiger partial charge in [0.05, 0.1) is 18.5 Å². The molecule has 2 nitrogen and oxygen atoms in total. The largest absolute Gasteiger partial charge is 0.497 e. The Bertz CT molecular complexity index is 916. The number of rotatable bonds is 6. The first-order chi connectivity index (χ1) is 12.7. The van der Waals surface area contributed by atoms with E-state index in [0.717, 1.165) is 22.7 Å². The maximum absolute atomic E-state index is 5.36. The number of allylic oxidation sites excluding steroid dienone is 1. The molecule has 3 aromatic rings. The van der Waals surface area contributed by atoms with Crippen LogP contribution in [0.4, 0.5) is 5.69 Å². The average Bonchev–Trinajstić information content (AvgIpc) is 2.68. The number of methoxy groups -OCH3 is 1. The Morgan fingerprint density at radius 2 is 1.73 bits per heavy atom. The van der Waals surface area contributed by atoms with E-state index in [1.807, 2.05) is 54.6 Å². The quantitative estimate of drug-likeness (QED) is 0.373. The Kier molecular flexibility index (Phi) is 6.29. The molecule has 0 unspecified atom stereocenters. The Labute approximate surface area is 159 Å². The highest BCUT2D eigenvalue weighted by molar-refractivity contribution is 8.02. The summed E-state index contributed by atoms with van der Waals surface area (Å²) in [5, 5.41) is 2.08. The number of benzene rings is 3. The van der Waals surface area contributed by atoms with Gasteiger partial charge in [-0.1, -0.05) is 59.8 Å². The predicted octanol–water partition coefficient (Wildman–Crippen LogP) is 6.43. The van der Waals surface area contributed by atoms with E-state index in [1.165, 1.54) is 10.5 Å². The van der Waals surface area contributed by atoms with Crippen LogP contribution in [0, 0.1) is 6.92 Å². The first-order valence-electron chi connectivity index (χ1n) is 8.42. The van der Waals surface area contributed by atoms with Gasteiger partial charge < -0.3 is 4.74 Å². The van der Waals surface area contributed by atoms with Crippen molar-refractivity contribution in [2.45, 2.75) is 11.8 Å². The molecule has 26 heavy (non-hydrogen) atoms. The molecule has 3 aromatic carbocycles. The van der Waals surface area contributed by atoms with Gasteiger partial charge in [0.1, 0.15) is 5.75 Å². The van der Waals surface area contributed by atoms with Crippen molar-refractivity contribution in [3.8, 4) is 5.75 Å². The molecule has 0 saturated carbocycles. The number of aliphatic imine (C=N–C) groups is 1. The number of para-hydroxylation sites is 1. The van der Waals surface area contributed by atoms with Gasteiger partial charge in [-0.2, -0.15) is 0 Å². The van der Waals surface area contributed by atoms with E-state index in [1.54, 1.807) is 18.9 Å². The maximum Gasteiger partial charge on any atom is 0.119 e. The van der Waals surface area contributed by atoms with E-state index < -0.39 is 0 Å². The van der Waals surface area contributed by atoms with Crippen LogP contribution in [0.3, 0.4) is 0 Å². The molecule has 0 aromatic heterocycles. The molecule has 0 fully saturated rings. The van der Waals surface area contributed by atoms with Crippen molar-refractivity contribution < 1.29 is 4.74 Å². The predicted molar refractivity (Wildman–Crippen MR) is 112 cm³/mol. The van der Waals surface area contributed by atoms with Gasteiger partial charge in [0.25, 0.3) is 0 Å². The van der Waals surface area contributed by atoms with Crippen molar-refractivity contribution in [2.75, 3.05) is 7.11 Å². The van der Waals surface area contributed by atoms with Crippen LogP contribution in [0.2, 0.25) is 0 Å². The van der Waals surface area contributed by atoms with Crippen molar-refractivity contribution in [1.82, 2.24) is 0 Å². The van der Waals surface area contributed by atoms with Crippen LogP contribution in [0.15, 0.2) is 100 Å². The average molecular weight is 359 g/mol. The molecule has 130 valence electrons.